The number of nitro groups is 1. The van der Waals surface area contributed by atoms with Crippen LogP contribution in [0.5, 0.6) is 0 Å². The Hall–Kier alpha value is -4.01. The van der Waals surface area contributed by atoms with Gasteiger partial charge in [-0.2, -0.15) is 0 Å². The summed E-state index contributed by atoms with van der Waals surface area (Å²) in [6, 6.07) is 15.8. The van der Waals surface area contributed by atoms with Crippen molar-refractivity contribution >= 4 is 11.4 Å². The van der Waals surface area contributed by atoms with Crippen molar-refractivity contribution in [3.05, 3.63) is 76.4 Å². The smallest absolute Gasteiger partial charge is 0.271 e. The SMILES string of the molecule is Cc1onc(-c2ccccc2)c1-c1nnc(CNc2cccc([N+](=O)[O-])c2)o1. The van der Waals surface area contributed by atoms with Gasteiger partial charge in [-0.25, -0.2) is 0 Å². The van der Waals surface area contributed by atoms with Crippen LogP contribution in [0.2, 0.25) is 0 Å². The summed E-state index contributed by atoms with van der Waals surface area (Å²) in [5, 5.41) is 26.1. The average Bonchev–Trinajstić information content (AvgIpc) is 3.33. The van der Waals surface area contributed by atoms with Crippen LogP contribution in [0.25, 0.3) is 22.7 Å². The molecule has 4 aromatic rings. The van der Waals surface area contributed by atoms with E-state index in [9.17, 15) is 10.1 Å². The number of hydrogen-bond acceptors (Lipinski definition) is 8. The second kappa shape index (κ2) is 7.31. The summed E-state index contributed by atoms with van der Waals surface area (Å²) in [5.41, 5.74) is 2.73. The molecular formula is C19H15N5O4. The first-order valence-corrected chi connectivity index (χ1v) is 8.44. The van der Waals surface area contributed by atoms with Crippen LogP contribution in [0.15, 0.2) is 63.5 Å². The Bertz CT molecular complexity index is 1120. The number of hydrogen-bond donors (Lipinski definition) is 1. The largest absolute Gasteiger partial charge is 0.419 e. The maximum absolute atomic E-state index is 10.9. The number of nitro benzene ring substituents is 1. The maximum atomic E-state index is 10.9. The molecule has 28 heavy (non-hydrogen) atoms. The molecule has 0 aliphatic rings. The van der Waals surface area contributed by atoms with E-state index in [0.717, 1.165) is 5.56 Å². The Morgan fingerprint density at radius 3 is 2.71 bits per heavy atom. The van der Waals surface area contributed by atoms with Gasteiger partial charge < -0.3 is 14.3 Å². The summed E-state index contributed by atoms with van der Waals surface area (Å²) in [7, 11) is 0. The summed E-state index contributed by atoms with van der Waals surface area (Å²) in [4.78, 5) is 10.4. The monoisotopic (exact) mass is 377 g/mol. The lowest BCUT2D eigenvalue weighted by atomic mass is 10.1. The first-order chi connectivity index (χ1) is 13.6. The second-order valence-corrected chi connectivity index (χ2v) is 5.99. The highest BCUT2D eigenvalue weighted by atomic mass is 16.6. The molecule has 0 aliphatic carbocycles. The number of rotatable bonds is 6. The average molecular weight is 377 g/mol. The lowest BCUT2D eigenvalue weighted by Gasteiger charge is -2.02. The molecule has 1 N–H and O–H groups in total. The molecule has 0 atom stereocenters. The zero-order chi connectivity index (χ0) is 19.5. The molecule has 0 amide bonds. The van der Waals surface area contributed by atoms with E-state index >= 15 is 0 Å². The van der Waals surface area contributed by atoms with Gasteiger partial charge in [-0.3, -0.25) is 10.1 Å². The number of aryl methyl sites for hydroxylation is 1. The summed E-state index contributed by atoms with van der Waals surface area (Å²) in [5.74, 6) is 1.20. The van der Waals surface area contributed by atoms with Crippen molar-refractivity contribution in [2.75, 3.05) is 5.32 Å². The fourth-order valence-corrected chi connectivity index (χ4v) is 2.75. The fourth-order valence-electron chi connectivity index (χ4n) is 2.75. The zero-order valence-corrected chi connectivity index (χ0v) is 14.8. The molecule has 0 bridgehead atoms. The van der Waals surface area contributed by atoms with Gasteiger partial charge in [-0.15, -0.1) is 10.2 Å². The van der Waals surface area contributed by atoms with E-state index in [0.29, 0.717) is 34.5 Å². The molecule has 0 radical (unpaired) electrons. The standard InChI is InChI=1S/C19H15N5O4/c1-12-17(18(23-28-12)13-6-3-2-4-7-13)19-22-21-16(27-19)11-20-14-8-5-9-15(10-14)24(25)26/h2-10,20H,11H2,1H3. The van der Waals surface area contributed by atoms with Crippen molar-refractivity contribution < 1.29 is 13.9 Å². The molecule has 9 heteroatoms. The predicted octanol–water partition coefficient (Wildman–Crippen LogP) is 4.22. The van der Waals surface area contributed by atoms with Crippen molar-refractivity contribution in [2.24, 2.45) is 0 Å². The van der Waals surface area contributed by atoms with E-state index in [4.69, 9.17) is 8.94 Å². The van der Waals surface area contributed by atoms with Gasteiger partial charge in [0.25, 0.3) is 11.6 Å². The Kier molecular flexibility index (Phi) is 4.55. The lowest BCUT2D eigenvalue weighted by molar-refractivity contribution is -0.384. The lowest BCUT2D eigenvalue weighted by Crippen LogP contribution is -2.00. The van der Waals surface area contributed by atoms with E-state index in [1.54, 1.807) is 19.1 Å². The summed E-state index contributed by atoms with van der Waals surface area (Å²) in [6.07, 6.45) is 0. The molecule has 0 spiro atoms. The van der Waals surface area contributed by atoms with Gasteiger partial charge in [-0.1, -0.05) is 41.6 Å². The minimum absolute atomic E-state index is 0.00353. The van der Waals surface area contributed by atoms with Crippen LogP contribution in [-0.2, 0) is 6.54 Å². The normalized spacial score (nSPS) is 10.8. The van der Waals surface area contributed by atoms with Crippen LogP contribution in [0.3, 0.4) is 0 Å². The topological polar surface area (TPSA) is 120 Å². The molecule has 140 valence electrons. The van der Waals surface area contributed by atoms with Gasteiger partial charge in [0.05, 0.1) is 11.5 Å². The Balaban J connectivity index is 1.55. The Morgan fingerprint density at radius 2 is 1.93 bits per heavy atom. The van der Waals surface area contributed by atoms with Crippen LogP contribution < -0.4 is 5.32 Å². The molecule has 0 unspecified atom stereocenters. The number of anilines is 1. The van der Waals surface area contributed by atoms with E-state index in [1.807, 2.05) is 30.3 Å². The van der Waals surface area contributed by atoms with Gasteiger partial charge in [0.2, 0.25) is 5.89 Å². The predicted molar refractivity (Wildman–Crippen MR) is 100 cm³/mol. The van der Waals surface area contributed by atoms with E-state index in [1.165, 1.54) is 12.1 Å². The van der Waals surface area contributed by atoms with Crippen LogP contribution in [0, 0.1) is 17.0 Å². The van der Waals surface area contributed by atoms with E-state index in [2.05, 4.69) is 20.7 Å². The Morgan fingerprint density at radius 1 is 1.11 bits per heavy atom. The summed E-state index contributed by atoms with van der Waals surface area (Å²) in [6.45, 7) is 2.00. The fraction of sp³-hybridized carbons (Fsp3) is 0.105. The first kappa shape index (κ1) is 17.4. The number of benzene rings is 2. The van der Waals surface area contributed by atoms with Crippen molar-refractivity contribution in [2.45, 2.75) is 13.5 Å². The first-order valence-electron chi connectivity index (χ1n) is 8.44. The van der Waals surface area contributed by atoms with E-state index in [-0.39, 0.29) is 12.2 Å². The molecule has 0 saturated carbocycles. The number of nitrogens with zero attached hydrogens (tertiary/aromatic N) is 4. The van der Waals surface area contributed by atoms with Gasteiger partial charge in [0.15, 0.2) is 0 Å². The molecular weight excluding hydrogens is 362 g/mol. The third kappa shape index (κ3) is 3.45. The van der Waals surface area contributed by atoms with Gasteiger partial charge in [-0.05, 0) is 13.0 Å². The van der Waals surface area contributed by atoms with Crippen molar-refractivity contribution in [1.29, 1.82) is 0 Å². The summed E-state index contributed by atoms with van der Waals surface area (Å²) < 4.78 is 11.1. The Labute approximate surface area is 159 Å². The highest BCUT2D eigenvalue weighted by Crippen LogP contribution is 2.33. The highest BCUT2D eigenvalue weighted by Gasteiger charge is 2.21. The minimum Gasteiger partial charge on any atom is -0.419 e. The number of aromatic nitrogens is 3. The van der Waals surface area contributed by atoms with Crippen LogP contribution in [0.4, 0.5) is 11.4 Å². The second-order valence-electron chi connectivity index (χ2n) is 5.99. The highest BCUT2D eigenvalue weighted by molar-refractivity contribution is 5.77. The van der Waals surface area contributed by atoms with Crippen molar-refractivity contribution in [1.82, 2.24) is 15.4 Å². The van der Waals surface area contributed by atoms with E-state index < -0.39 is 4.92 Å². The van der Waals surface area contributed by atoms with Crippen molar-refractivity contribution in [3.63, 3.8) is 0 Å². The summed E-state index contributed by atoms with van der Waals surface area (Å²) >= 11 is 0. The van der Waals surface area contributed by atoms with Gasteiger partial charge >= 0.3 is 0 Å². The van der Waals surface area contributed by atoms with Crippen molar-refractivity contribution in [3.8, 4) is 22.7 Å². The van der Waals surface area contributed by atoms with Crippen LogP contribution in [0.1, 0.15) is 11.7 Å². The van der Waals surface area contributed by atoms with Gasteiger partial charge in [0.1, 0.15) is 17.0 Å². The van der Waals surface area contributed by atoms with Crippen LogP contribution >= 0.6 is 0 Å². The minimum atomic E-state index is -0.449. The number of non-ortho nitro benzene ring substituents is 1. The molecule has 0 saturated heterocycles. The molecule has 2 aromatic carbocycles. The van der Waals surface area contributed by atoms with Gasteiger partial charge in [0, 0.05) is 23.4 Å². The third-order valence-electron chi connectivity index (χ3n) is 4.09. The molecule has 2 heterocycles. The maximum Gasteiger partial charge on any atom is 0.271 e. The molecule has 2 aromatic heterocycles. The number of nitrogens with one attached hydrogen (secondary N) is 1. The molecule has 9 nitrogen and oxygen atoms in total. The molecule has 0 aliphatic heterocycles. The van der Waals surface area contributed by atoms with Crippen LogP contribution in [-0.4, -0.2) is 20.3 Å². The zero-order valence-electron chi connectivity index (χ0n) is 14.8. The quantitative estimate of drug-likeness (QED) is 0.392. The third-order valence-corrected chi connectivity index (χ3v) is 4.09. The molecule has 0 fully saturated rings. The molecule has 4 rings (SSSR count).